The number of nitrogens with zero attached hydrogens (tertiary/aromatic N) is 4. The molecule has 2 aromatic carbocycles. The van der Waals surface area contributed by atoms with Crippen LogP contribution in [0.2, 0.25) is 0 Å². The number of esters is 1. The molecule has 1 aromatic heterocycles. The number of likely N-dealkylation sites (N-methyl/N-ethyl adjacent to an activating group) is 1. The van der Waals surface area contributed by atoms with Gasteiger partial charge < -0.3 is 14.5 Å². The predicted octanol–water partition coefficient (Wildman–Crippen LogP) is 4.33. The summed E-state index contributed by atoms with van der Waals surface area (Å²) in [6.07, 6.45) is 0.574. The Morgan fingerprint density at radius 1 is 1.03 bits per heavy atom. The van der Waals surface area contributed by atoms with Crippen LogP contribution in [0.4, 0.5) is 0 Å². The topological polar surface area (TPSA) is 84.7 Å². The Balaban J connectivity index is 2.14. The Kier molecular flexibility index (Phi) is 9.78. The van der Waals surface area contributed by atoms with Gasteiger partial charge >= 0.3 is 5.97 Å². The summed E-state index contributed by atoms with van der Waals surface area (Å²) >= 11 is 3.46. The maximum absolute atomic E-state index is 13.7. The second kappa shape index (κ2) is 12.8. The predicted molar refractivity (Wildman–Crippen MR) is 144 cm³/mol. The third kappa shape index (κ3) is 6.59. The summed E-state index contributed by atoms with van der Waals surface area (Å²) in [5.41, 5.74) is 1.06. The van der Waals surface area contributed by atoms with E-state index in [9.17, 15) is 14.4 Å². The van der Waals surface area contributed by atoms with E-state index in [-0.39, 0.29) is 30.9 Å². The van der Waals surface area contributed by atoms with Crippen molar-refractivity contribution in [3.05, 3.63) is 69.2 Å². The molecule has 0 saturated carbocycles. The van der Waals surface area contributed by atoms with Gasteiger partial charge in [0.05, 0.1) is 35.7 Å². The van der Waals surface area contributed by atoms with E-state index in [2.05, 4.69) is 15.9 Å². The van der Waals surface area contributed by atoms with Crippen molar-refractivity contribution in [2.75, 3.05) is 33.8 Å². The van der Waals surface area contributed by atoms with Crippen LogP contribution in [0.15, 0.2) is 57.8 Å². The fourth-order valence-electron chi connectivity index (χ4n) is 4.10. The second-order valence-electron chi connectivity index (χ2n) is 8.72. The number of hydrogen-bond donors (Lipinski definition) is 0. The highest BCUT2D eigenvalue weighted by molar-refractivity contribution is 9.10. The molecule has 0 aliphatic carbocycles. The molecule has 36 heavy (non-hydrogen) atoms. The minimum Gasteiger partial charge on any atom is -0.466 e. The summed E-state index contributed by atoms with van der Waals surface area (Å²) in [7, 11) is 3.88. The van der Waals surface area contributed by atoms with Gasteiger partial charge in [0.25, 0.3) is 5.56 Å². The molecule has 9 heteroatoms. The van der Waals surface area contributed by atoms with Crippen molar-refractivity contribution in [1.82, 2.24) is 19.4 Å². The zero-order valence-corrected chi connectivity index (χ0v) is 22.8. The van der Waals surface area contributed by atoms with Crippen LogP contribution in [0.3, 0.4) is 0 Å². The van der Waals surface area contributed by atoms with Crippen LogP contribution < -0.4 is 5.56 Å². The zero-order valence-electron chi connectivity index (χ0n) is 21.2. The molecule has 3 rings (SSSR count). The van der Waals surface area contributed by atoms with Gasteiger partial charge in [-0.3, -0.25) is 19.0 Å². The zero-order chi connectivity index (χ0) is 26.2. The molecule has 3 aromatic rings. The second-order valence-corrected chi connectivity index (χ2v) is 9.64. The van der Waals surface area contributed by atoms with Crippen molar-refractivity contribution in [3.8, 4) is 5.69 Å². The lowest BCUT2D eigenvalue weighted by molar-refractivity contribution is -0.146. The number of benzene rings is 2. The fraction of sp³-hybridized carbons (Fsp3) is 0.407. The number of para-hydroxylation sites is 1. The fourth-order valence-corrected chi connectivity index (χ4v) is 4.37. The largest absolute Gasteiger partial charge is 0.466 e. The van der Waals surface area contributed by atoms with E-state index in [1.165, 1.54) is 0 Å². The van der Waals surface area contributed by atoms with Crippen molar-refractivity contribution in [2.24, 2.45) is 0 Å². The maximum Gasteiger partial charge on any atom is 0.306 e. The van der Waals surface area contributed by atoms with Crippen LogP contribution in [-0.2, 0) is 14.3 Å². The Hall–Kier alpha value is -3.04. The van der Waals surface area contributed by atoms with Crippen molar-refractivity contribution in [2.45, 2.75) is 39.2 Å². The average Bonchev–Trinajstić information content (AvgIpc) is 2.86. The summed E-state index contributed by atoms with van der Waals surface area (Å²) in [4.78, 5) is 47.8. The third-order valence-corrected chi connectivity index (χ3v) is 6.43. The van der Waals surface area contributed by atoms with Crippen molar-refractivity contribution >= 4 is 38.7 Å². The van der Waals surface area contributed by atoms with Crippen LogP contribution in [0.5, 0.6) is 0 Å². The van der Waals surface area contributed by atoms with E-state index in [0.717, 1.165) is 4.47 Å². The van der Waals surface area contributed by atoms with E-state index < -0.39 is 12.0 Å². The number of hydrogen-bond acceptors (Lipinski definition) is 6. The van der Waals surface area contributed by atoms with Gasteiger partial charge in [0.1, 0.15) is 5.82 Å². The smallest absolute Gasteiger partial charge is 0.306 e. The number of halogens is 1. The maximum atomic E-state index is 13.7. The van der Waals surface area contributed by atoms with E-state index in [1.807, 2.05) is 68.4 Å². The molecule has 0 spiro atoms. The summed E-state index contributed by atoms with van der Waals surface area (Å²) in [6, 6.07) is 14.2. The molecule has 0 aliphatic heterocycles. The molecule has 0 N–H and O–H groups in total. The number of amides is 1. The first-order valence-electron chi connectivity index (χ1n) is 12.1. The molecule has 8 nitrogen and oxygen atoms in total. The first-order valence-corrected chi connectivity index (χ1v) is 12.9. The van der Waals surface area contributed by atoms with Gasteiger partial charge in [0, 0.05) is 24.0 Å². The molecule has 0 saturated heterocycles. The molecule has 0 bridgehead atoms. The lowest BCUT2D eigenvalue weighted by atomic mass is 10.1. The first kappa shape index (κ1) is 27.5. The summed E-state index contributed by atoms with van der Waals surface area (Å²) < 4.78 is 7.51. The van der Waals surface area contributed by atoms with Gasteiger partial charge in [0.15, 0.2) is 0 Å². The molecule has 1 heterocycles. The highest BCUT2D eigenvalue weighted by Crippen LogP contribution is 2.27. The minimum absolute atomic E-state index is 0.00619. The number of rotatable bonds is 11. The molecule has 0 fully saturated rings. The highest BCUT2D eigenvalue weighted by Gasteiger charge is 2.29. The van der Waals surface area contributed by atoms with Gasteiger partial charge in [-0.1, -0.05) is 35.0 Å². The normalized spacial score (nSPS) is 12.1. The third-order valence-electron chi connectivity index (χ3n) is 5.90. The molecule has 1 atom stereocenters. The monoisotopic (exact) mass is 556 g/mol. The van der Waals surface area contributed by atoms with E-state index in [4.69, 9.17) is 9.72 Å². The van der Waals surface area contributed by atoms with Crippen LogP contribution in [-0.4, -0.2) is 65.0 Å². The molecular weight excluding hydrogens is 524 g/mol. The molecule has 0 radical (unpaired) electrons. The minimum atomic E-state index is -0.472. The van der Waals surface area contributed by atoms with Gasteiger partial charge in [-0.2, -0.15) is 0 Å². The lowest BCUT2D eigenvalue weighted by Gasteiger charge is -2.33. The number of ether oxygens (including phenoxy) is 1. The van der Waals surface area contributed by atoms with Gasteiger partial charge in [-0.25, -0.2) is 4.98 Å². The van der Waals surface area contributed by atoms with Crippen LogP contribution in [0, 0.1) is 0 Å². The van der Waals surface area contributed by atoms with Crippen LogP contribution >= 0.6 is 15.9 Å². The van der Waals surface area contributed by atoms with Crippen LogP contribution in [0.25, 0.3) is 16.6 Å². The number of aromatic nitrogens is 2. The number of carbonyl (C=O) groups is 2. The summed E-state index contributed by atoms with van der Waals surface area (Å²) in [5, 5.41) is 0.507. The quantitative estimate of drug-likeness (QED) is 0.327. The van der Waals surface area contributed by atoms with E-state index >= 15 is 0 Å². The average molecular weight is 557 g/mol. The van der Waals surface area contributed by atoms with Gasteiger partial charge in [-0.05, 0) is 63.8 Å². The molecular formula is C27H33BrN4O4. The van der Waals surface area contributed by atoms with E-state index in [0.29, 0.717) is 41.9 Å². The van der Waals surface area contributed by atoms with Crippen molar-refractivity contribution < 1.29 is 14.3 Å². The van der Waals surface area contributed by atoms with Crippen molar-refractivity contribution in [3.63, 3.8) is 0 Å². The van der Waals surface area contributed by atoms with Crippen molar-refractivity contribution in [1.29, 1.82) is 0 Å². The molecule has 192 valence electrons. The Morgan fingerprint density at radius 3 is 2.36 bits per heavy atom. The lowest BCUT2D eigenvalue weighted by Crippen LogP contribution is -2.42. The summed E-state index contributed by atoms with van der Waals surface area (Å²) in [6.45, 7) is 5.03. The number of fused-ring (bicyclic) bond motifs is 1. The standard InChI is InChI=1S/C27H33BrN4O4/c1-5-23(31(18-17-30(3)4)24(33)15-16-25(34)36-6-2)26-29-22-10-8-7-9-21(22)27(35)32(26)20-13-11-19(28)12-14-20/h7-14,23H,5-6,15-18H2,1-4H3. The SMILES string of the molecule is CCOC(=O)CCC(=O)N(CCN(C)C)C(CC)c1nc2ccccc2c(=O)n1-c1ccc(Br)cc1. The molecule has 0 aliphatic rings. The number of carbonyl (C=O) groups excluding carboxylic acids is 2. The molecule has 1 unspecified atom stereocenters. The van der Waals surface area contributed by atoms with Crippen LogP contribution in [0.1, 0.15) is 45.0 Å². The summed E-state index contributed by atoms with van der Waals surface area (Å²) in [5.74, 6) is -0.0876. The van der Waals surface area contributed by atoms with Gasteiger partial charge in [0.2, 0.25) is 5.91 Å². The van der Waals surface area contributed by atoms with Gasteiger partial charge in [-0.15, -0.1) is 0 Å². The highest BCUT2D eigenvalue weighted by atomic mass is 79.9. The Morgan fingerprint density at radius 2 is 1.72 bits per heavy atom. The molecule has 1 amide bonds. The van der Waals surface area contributed by atoms with E-state index in [1.54, 1.807) is 22.5 Å². The Labute approximate surface area is 220 Å². The Bertz CT molecular complexity index is 1260. The first-order chi connectivity index (χ1) is 17.3.